The van der Waals surface area contributed by atoms with Crippen LogP contribution in [0.2, 0.25) is 5.02 Å². The van der Waals surface area contributed by atoms with E-state index in [0.29, 0.717) is 5.56 Å². The fourth-order valence-electron chi connectivity index (χ4n) is 1.79. The van der Waals surface area contributed by atoms with E-state index in [1.807, 2.05) is 19.9 Å². The number of phenolic OH excluding ortho intramolecular Hbond substituents is 1. The van der Waals surface area contributed by atoms with E-state index >= 15 is 0 Å². The Kier molecular flexibility index (Phi) is 4.59. The van der Waals surface area contributed by atoms with Crippen molar-refractivity contribution >= 4 is 23.7 Å². The lowest BCUT2D eigenvalue weighted by atomic mass is 10.2. The van der Waals surface area contributed by atoms with Crippen LogP contribution in [0.4, 0.5) is 0 Å². The molecular weight excluding hydrogens is 292 g/mol. The lowest BCUT2D eigenvalue weighted by Crippen LogP contribution is -2.24. The normalized spacial score (nSPS) is 11.0. The van der Waals surface area contributed by atoms with Gasteiger partial charge in [-0.1, -0.05) is 11.6 Å². The third kappa shape index (κ3) is 4.06. The molecule has 1 amide bonds. The molecule has 0 aliphatic heterocycles. The molecule has 1 aromatic heterocycles. The van der Waals surface area contributed by atoms with Crippen molar-refractivity contribution in [3.8, 4) is 5.75 Å². The summed E-state index contributed by atoms with van der Waals surface area (Å²) in [4.78, 5) is 11.7. The predicted molar refractivity (Wildman–Crippen MR) is 80.6 cm³/mol. The number of halogens is 1. The average Bonchev–Trinajstić information content (AvgIpc) is 2.72. The Morgan fingerprint density at radius 2 is 2.24 bits per heavy atom. The maximum absolute atomic E-state index is 11.7. The van der Waals surface area contributed by atoms with Crippen LogP contribution >= 0.6 is 11.6 Å². The number of aryl methyl sites for hydroxylation is 2. The molecule has 2 rings (SSSR count). The van der Waals surface area contributed by atoms with Crippen LogP contribution in [0, 0.1) is 13.8 Å². The lowest BCUT2D eigenvalue weighted by Gasteiger charge is -2.03. The second kappa shape index (κ2) is 6.41. The van der Waals surface area contributed by atoms with E-state index in [-0.39, 0.29) is 23.2 Å². The maximum atomic E-state index is 11.7. The summed E-state index contributed by atoms with van der Waals surface area (Å²) in [5.74, 6) is -0.273. The number of aromatic nitrogens is 2. The van der Waals surface area contributed by atoms with Crippen molar-refractivity contribution in [1.29, 1.82) is 0 Å². The van der Waals surface area contributed by atoms with Crippen LogP contribution in [0.5, 0.6) is 5.75 Å². The number of hydrogen-bond acceptors (Lipinski definition) is 4. The Bertz CT molecular complexity index is 694. The van der Waals surface area contributed by atoms with Gasteiger partial charge in [-0.3, -0.25) is 9.48 Å². The number of benzene rings is 1. The Balaban J connectivity index is 1.93. The molecular formula is C14H15ClN4O2. The lowest BCUT2D eigenvalue weighted by molar-refractivity contribution is -0.121. The Morgan fingerprint density at radius 3 is 2.86 bits per heavy atom. The molecule has 0 unspecified atom stereocenters. The summed E-state index contributed by atoms with van der Waals surface area (Å²) in [5, 5.41) is 17.6. The van der Waals surface area contributed by atoms with Crippen LogP contribution in [0.25, 0.3) is 0 Å². The number of phenols is 1. The SMILES string of the molecule is Cc1cc(C)n(CC(=O)NN=Cc2ccc(O)c(Cl)c2)n1. The van der Waals surface area contributed by atoms with Gasteiger partial charge in [0.15, 0.2) is 0 Å². The first-order valence-electron chi connectivity index (χ1n) is 6.27. The van der Waals surface area contributed by atoms with E-state index in [1.165, 1.54) is 12.3 Å². The van der Waals surface area contributed by atoms with Crippen molar-refractivity contribution in [3.05, 3.63) is 46.2 Å². The topological polar surface area (TPSA) is 79.5 Å². The van der Waals surface area contributed by atoms with Gasteiger partial charge < -0.3 is 5.11 Å². The summed E-state index contributed by atoms with van der Waals surface area (Å²) < 4.78 is 1.61. The molecule has 0 radical (unpaired) electrons. The fourth-order valence-corrected chi connectivity index (χ4v) is 1.98. The minimum atomic E-state index is -0.276. The number of rotatable bonds is 4. The van der Waals surface area contributed by atoms with Crippen LogP contribution < -0.4 is 5.43 Å². The molecule has 2 aromatic rings. The molecule has 110 valence electrons. The van der Waals surface area contributed by atoms with Crippen molar-refractivity contribution in [2.75, 3.05) is 0 Å². The predicted octanol–water partition coefficient (Wildman–Crippen LogP) is 2.01. The third-order valence-electron chi connectivity index (χ3n) is 2.77. The number of amides is 1. The number of nitrogens with one attached hydrogen (secondary N) is 1. The molecule has 0 bridgehead atoms. The van der Waals surface area contributed by atoms with Gasteiger partial charge in [0.05, 0.1) is 16.9 Å². The van der Waals surface area contributed by atoms with Crippen molar-refractivity contribution in [3.63, 3.8) is 0 Å². The highest BCUT2D eigenvalue weighted by Crippen LogP contribution is 2.22. The van der Waals surface area contributed by atoms with Gasteiger partial charge in [0, 0.05) is 5.69 Å². The average molecular weight is 307 g/mol. The zero-order valence-electron chi connectivity index (χ0n) is 11.7. The quantitative estimate of drug-likeness (QED) is 0.670. The monoisotopic (exact) mass is 306 g/mol. The fraction of sp³-hybridized carbons (Fsp3) is 0.214. The van der Waals surface area contributed by atoms with Gasteiger partial charge in [0.1, 0.15) is 12.3 Å². The van der Waals surface area contributed by atoms with Gasteiger partial charge in [0.2, 0.25) is 0 Å². The van der Waals surface area contributed by atoms with Crippen LogP contribution in [0.1, 0.15) is 17.0 Å². The number of aromatic hydroxyl groups is 1. The molecule has 6 nitrogen and oxygen atoms in total. The van der Waals surface area contributed by atoms with Crippen molar-refractivity contribution < 1.29 is 9.90 Å². The van der Waals surface area contributed by atoms with Gasteiger partial charge in [-0.05, 0) is 43.7 Å². The second-order valence-electron chi connectivity index (χ2n) is 4.59. The first-order valence-corrected chi connectivity index (χ1v) is 6.65. The van der Waals surface area contributed by atoms with Crippen molar-refractivity contribution in [1.82, 2.24) is 15.2 Å². The molecule has 1 heterocycles. The zero-order chi connectivity index (χ0) is 15.4. The van der Waals surface area contributed by atoms with Gasteiger partial charge >= 0.3 is 0 Å². The highest BCUT2D eigenvalue weighted by molar-refractivity contribution is 6.32. The summed E-state index contributed by atoms with van der Waals surface area (Å²) in [5.41, 5.74) is 4.86. The molecule has 1 aromatic carbocycles. The van der Waals surface area contributed by atoms with E-state index < -0.39 is 0 Å². The maximum Gasteiger partial charge on any atom is 0.261 e. The molecule has 0 atom stereocenters. The first-order chi connectivity index (χ1) is 9.95. The van der Waals surface area contributed by atoms with Crippen molar-refractivity contribution in [2.45, 2.75) is 20.4 Å². The summed E-state index contributed by atoms with van der Waals surface area (Å²) in [6.07, 6.45) is 1.45. The van der Waals surface area contributed by atoms with E-state index in [0.717, 1.165) is 11.4 Å². The Hall–Kier alpha value is -2.34. The molecule has 0 aliphatic carbocycles. The van der Waals surface area contributed by atoms with Crippen LogP contribution in [0.15, 0.2) is 29.4 Å². The molecule has 21 heavy (non-hydrogen) atoms. The highest BCUT2D eigenvalue weighted by atomic mass is 35.5. The summed E-state index contributed by atoms with van der Waals surface area (Å²) in [6, 6.07) is 6.54. The van der Waals surface area contributed by atoms with Crippen LogP contribution in [0.3, 0.4) is 0 Å². The number of hydrogen-bond donors (Lipinski definition) is 2. The zero-order valence-corrected chi connectivity index (χ0v) is 12.4. The summed E-state index contributed by atoms with van der Waals surface area (Å²) >= 11 is 5.77. The van der Waals surface area contributed by atoms with Crippen LogP contribution in [-0.2, 0) is 11.3 Å². The molecule has 0 aliphatic rings. The van der Waals surface area contributed by atoms with Gasteiger partial charge in [-0.2, -0.15) is 10.2 Å². The van der Waals surface area contributed by atoms with Gasteiger partial charge in [0.25, 0.3) is 5.91 Å². The van der Waals surface area contributed by atoms with Crippen LogP contribution in [-0.4, -0.2) is 27.0 Å². The number of nitrogens with zero attached hydrogens (tertiary/aromatic N) is 3. The smallest absolute Gasteiger partial charge is 0.261 e. The van der Waals surface area contributed by atoms with E-state index in [2.05, 4.69) is 15.6 Å². The molecule has 0 fully saturated rings. The van der Waals surface area contributed by atoms with E-state index in [4.69, 9.17) is 11.6 Å². The largest absolute Gasteiger partial charge is 0.506 e. The van der Waals surface area contributed by atoms with Gasteiger partial charge in [-0.25, -0.2) is 5.43 Å². The molecule has 2 N–H and O–H groups in total. The van der Waals surface area contributed by atoms with E-state index in [9.17, 15) is 9.90 Å². The summed E-state index contributed by atoms with van der Waals surface area (Å²) in [7, 11) is 0. The summed E-state index contributed by atoms with van der Waals surface area (Å²) in [6.45, 7) is 3.86. The second-order valence-corrected chi connectivity index (χ2v) is 5.00. The molecule has 0 saturated heterocycles. The Labute approximate surface area is 127 Å². The molecule has 7 heteroatoms. The van der Waals surface area contributed by atoms with Gasteiger partial charge in [-0.15, -0.1) is 0 Å². The third-order valence-corrected chi connectivity index (χ3v) is 3.07. The number of carbonyl (C=O) groups is 1. The molecule has 0 spiro atoms. The molecule has 0 saturated carbocycles. The minimum absolute atomic E-state index is 0.00220. The minimum Gasteiger partial charge on any atom is -0.506 e. The highest BCUT2D eigenvalue weighted by Gasteiger charge is 2.06. The van der Waals surface area contributed by atoms with E-state index in [1.54, 1.807) is 16.8 Å². The first kappa shape index (κ1) is 15.1. The standard InChI is InChI=1S/C14H15ClN4O2/c1-9-5-10(2)19(18-9)8-14(21)17-16-7-11-3-4-13(20)12(15)6-11/h3-7,20H,8H2,1-2H3,(H,17,21). The van der Waals surface area contributed by atoms with Crippen molar-refractivity contribution in [2.24, 2.45) is 5.10 Å². The number of hydrazone groups is 1. The Morgan fingerprint density at radius 1 is 1.48 bits per heavy atom. The number of carbonyl (C=O) groups excluding carboxylic acids is 1.